The van der Waals surface area contributed by atoms with Crippen molar-refractivity contribution in [2.24, 2.45) is 5.73 Å². The Bertz CT molecular complexity index is 505. The van der Waals surface area contributed by atoms with Crippen LogP contribution in [0.25, 0.3) is 10.8 Å². The van der Waals surface area contributed by atoms with Crippen LogP contribution in [0.3, 0.4) is 0 Å². The van der Waals surface area contributed by atoms with Gasteiger partial charge in [-0.2, -0.15) is 0 Å². The molecular formula is C16H22N2. The smallest absolute Gasteiger partial charge is 0.0318 e. The summed E-state index contributed by atoms with van der Waals surface area (Å²) in [7, 11) is 2.01. The lowest BCUT2D eigenvalue weighted by Crippen LogP contribution is -2.21. The molecule has 2 unspecified atom stereocenters. The van der Waals surface area contributed by atoms with Crippen molar-refractivity contribution in [3.05, 3.63) is 48.0 Å². The third kappa shape index (κ3) is 3.09. The summed E-state index contributed by atoms with van der Waals surface area (Å²) >= 11 is 0. The fourth-order valence-electron chi connectivity index (χ4n) is 2.33. The van der Waals surface area contributed by atoms with Gasteiger partial charge in [-0.25, -0.2) is 0 Å². The maximum atomic E-state index is 5.84. The summed E-state index contributed by atoms with van der Waals surface area (Å²) in [4.78, 5) is 0. The highest BCUT2D eigenvalue weighted by Crippen LogP contribution is 2.23. The van der Waals surface area contributed by atoms with E-state index in [2.05, 4.69) is 54.7 Å². The number of rotatable bonds is 5. The van der Waals surface area contributed by atoms with E-state index in [0.717, 1.165) is 12.8 Å². The monoisotopic (exact) mass is 242 g/mol. The first kappa shape index (κ1) is 13.1. The molecule has 0 radical (unpaired) electrons. The maximum absolute atomic E-state index is 5.84. The molecule has 0 saturated heterocycles. The van der Waals surface area contributed by atoms with Gasteiger partial charge < -0.3 is 11.1 Å². The molecule has 0 spiro atoms. The van der Waals surface area contributed by atoms with E-state index in [1.165, 1.54) is 16.3 Å². The lowest BCUT2D eigenvalue weighted by Gasteiger charge is -2.18. The number of fused-ring (bicyclic) bond motifs is 1. The second-order valence-corrected chi connectivity index (χ2v) is 5.00. The van der Waals surface area contributed by atoms with Crippen LogP contribution < -0.4 is 11.1 Å². The Morgan fingerprint density at radius 2 is 1.78 bits per heavy atom. The van der Waals surface area contributed by atoms with E-state index >= 15 is 0 Å². The molecule has 96 valence electrons. The summed E-state index contributed by atoms with van der Waals surface area (Å²) in [6.07, 6.45) is 2.12. The van der Waals surface area contributed by atoms with Crippen molar-refractivity contribution < 1.29 is 0 Å². The number of nitrogens with two attached hydrogens (primary N) is 1. The van der Waals surface area contributed by atoms with Gasteiger partial charge in [0, 0.05) is 12.1 Å². The Labute approximate surface area is 109 Å². The number of hydrogen-bond acceptors (Lipinski definition) is 2. The Morgan fingerprint density at radius 3 is 2.44 bits per heavy atom. The standard InChI is InChI=1S/C16H22N2/c1-12(17)7-10-16(18-2)15-9-8-13-5-3-4-6-14(13)11-15/h3-6,8-9,11-12,16,18H,7,10,17H2,1-2H3. The van der Waals surface area contributed by atoms with E-state index in [9.17, 15) is 0 Å². The van der Waals surface area contributed by atoms with Crippen LogP contribution >= 0.6 is 0 Å². The van der Waals surface area contributed by atoms with E-state index in [1.807, 2.05) is 7.05 Å². The van der Waals surface area contributed by atoms with Crippen LogP contribution in [0.1, 0.15) is 31.4 Å². The van der Waals surface area contributed by atoms with Crippen molar-refractivity contribution in [3.63, 3.8) is 0 Å². The molecule has 2 nitrogen and oxygen atoms in total. The summed E-state index contributed by atoms with van der Waals surface area (Å²) in [5.41, 5.74) is 7.18. The van der Waals surface area contributed by atoms with Gasteiger partial charge in [0.05, 0.1) is 0 Å². The van der Waals surface area contributed by atoms with Gasteiger partial charge >= 0.3 is 0 Å². The highest BCUT2D eigenvalue weighted by Gasteiger charge is 2.10. The zero-order chi connectivity index (χ0) is 13.0. The molecule has 0 heterocycles. The molecule has 0 aromatic heterocycles. The molecule has 2 heteroatoms. The van der Waals surface area contributed by atoms with Crippen molar-refractivity contribution in [3.8, 4) is 0 Å². The van der Waals surface area contributed by atoms with E-state index in [0.29, 0.717) is 6.04 Å². The van der Waals surface area contributed by atoms with Crippen LogP contribution in [0.4, 0.5) is 0 Å². The third-order valence-corrected chi connectivity index (χ3v) is 3.44. The van der Waals surface area contributed by atoms with Crippen molar-refractivity contribution in [1.29, 1.82) is 0 Å². The van der Waals surface area contributed by atoms with Gasteiger partial charge in [-0.1, -0.05) is 36.4 Å². The van der Waals surface area contributed by atoms with Crippen molar-refractivity contribution >= 4 is 10.8 Å². The minimum absolute atomic E-state index is 0.265. The minimum atomic E-state index is 0.265. The first-order valence-electron chi connectivity index (χ1n) is 6.62. The molecule has 0 amide bonds. The van der Waals surface area contributed by atoms with Crippen LogP contribution in [-0.2, 0) is 0 Å². The average molecular weight is 242 g/mol. The summed E-state index contributed by atoms with van der Waals surface area (Å²) < 4.78 is 0. The fraction of sp³-hybridized carbons (Fsp3) is 0.375. The lowest BCUT2D eigenvalue weighted by atomic mass is 9.97. The van der Waals surface area contributed by atoms with Gasteiger partial charge in [0.2, 0.25) is 0 Å². The molecular weight excluding hydrogens is 220 g/mol. The molecule has 0 aliphatic rings. The second-order valence-electron chi connectivity index (χ2n) is 5.00. The SMILES string of the molecule is CNC(CCC(C)N)c1ccc2ccccc2c1. The molecule has 0 fully saturated rings. The maximum Gasteiger partial charge on any atom is 0.0318 e. The van der Waals surface area contributed by atoms with Crippen molar-refractivity contribution in [2.45, 2.75) is 31.8 Å². The van der Waals surface area contributed by atoms with Crippen molar-refractivity contribution in [1.82, 2.24) is 5.32 Å². The van der Waals surface area contributed by atoms with Crippen LogP contribution in [0.15, 0.2) is 42.5 Å². The molecule has 0 bridgehead atoms. The molecule has 0 saturated carbocycles. The number of hydrogen-bond donors (Lipinski definition) is 2. The van der Waals surface area contributed by atoms with Gasteiger partial charge in [0.25, 0.3) is 0 Å². The first-order chi connectivity index (χ1) is 8.70. The molecule has 2 atom stereocenters. The topological polar surface area (TPSA) is 38.0 Å². The minimum Gasteiger partial charge on any atom is -0.328 e. The quantitative estimate of drug-likeness (QED) is 0.844. The van der Waals surface area contributed by atoms with Gasteiger partial charge in [0.1, 0.15) is 0 Å². The van der Waals surface area contributed by atoms with Gasteiger partial charge in [-0.15, -0.1) is 0 Å². The second kappa shape index (κ2) is 5.98. The van der Waals surface area contributed by atoms with Crippen LogP contribution in [-0.4, -0.2) is 13.1 Å². The van der Waals surface area contributed by atoms with E-state index in [-0.39, 0.29) is 6.04 Å². The highest BCUT2D eigenvalue weighted by molar-refractivity contribution is 5.83. The fourth-order valence-corrected chi connectivity index (χ4v) is 2.33. The van der Waals surface area contributed by atoms with Crippen LogP contribution in [0, 0.1) is 0 Å². The Balaban J connectivity index is 2.22. The molecule has 2 aromatic rings. The molecule has 2 rings (SSSR count). The predicted molar refractivity (Wildman–Crippen MR) is 78.6 cm³/mol. The van der Waals surface area contributed by atoms with Crippen molar-refractivity contribution in [2.75, 3.05) is 7.05 Å². The number of benzene rings is 2. The highest BCUT2D eigenvalue weighted by atomic mass is 14.9. The molecule has 0 aliphatic carbocycles. The van der Waals surface area contributed by atoms with E-state index < -0.39 is 0 Å². The Morgan fingerprint density at radius 1 is 1.06 bits per heavy atom. The largest absolute Gasteiger partial charge is 0.328 e. The molecule has 3 N–H and O–H groups in total. The van der Waals surface area contributed by atoms with E-state index in [4.69, 9.17) is 5.73 Å². The molecule has 2 aromatic carbocycles. The Kier molecular flexibility index (Phi) is 4.34. The summed E-state index contributed by atoms with van der Waals surface area (Å²) in [5, 5.41) is 5.98. The zero-order valence-corrected chi connectivity index (χ0v) is 11.2. The zero-order valence-electron chi connectivity index (χ0n) is 11.2. The molecule has 18 heavy (non-hydrogen) atoms. The summed E-state index contributed by atoms with van der Waals surface area (Å²) in [6.45, 7) is 2.06. The first-order valence-corrected chi connectivity index (χ1v) is 6.62. The Hall–Kier alpha value is -1.38. The van der Waals surface area contributed by atoms with E-state index in [1.54, 1.807) is 0 Å². The summed E-state index contributed by atoms with van der Waals surface area (Å²) in [5.74, 6) is 0. The van der Waals surface area contributed by atoms with Gasteiger partial charge in [0.15, 0.2) is 0 Å². The average Bonchev–Trinajstić information content (AvgIpc) is 2.39. The predicted octanol–water partition coefficient (Wildman–Crippen LogP) is 3.23. The van der Waals surface area contributed by atoms with Crippen LogP contribution in [0.5, 0.6) is 0 Å². The number of nitrogens with one attached hydrogen (secondary N) is 1. The summed E-state index contributed by atoms with van der Waals surface area (Å²) in [6, 6.07) is 15.8. The van der Waals surface area contributed by atoms with Crippen LogP contribution in [0.2, 0.25) is 0 Å². The molecule has 0 aliphatic heterocycles. The third-order valence-electron chi connectivity index (χ3n) is 3.44. The lowest BCUT2D eigenvalue weighted by molar-refractivity contribution is 0.497. The van der Waals surface area contributed by atoms with Gasteiger partial charge in [-0.3, -0.25) is 0 Å². The normalized spacial score (nSPS) is 14.6. The van der Waals surface area contributed by atoms with Gasteiger partial charge in [-0.05, 0) is 49.2 Å².